The average molecular weight is 318 g/mol. The summed E-state index contributed by atoms with van der Waals surface area (Å²) in [6.07, 6.45) is 3.36. The van der Waals surface area contributed by atoms with Crippen LogP contribution in [0.15, 0.2) is 16.1 Å². The van der Waals surface area contributed by atoms with Gasteiger partial charge in [0.05, 0.1) is 6.61 Å². The summed E-state index contributed by atoms with van der Waals surface area (Å²) >= 11 is 5.38. The van der Waals surface area contributed by atoms with Crippen molar-refractivity contribution in [3.8, 4) is 0 Å². The van der Waals surface area contributed by atoms with E-state index in [-0.39, 0.29) is 0 Å². The normalized spacial score (nSPS) is 12.1. The lowest BCUT2D eigenvalue weighted by Gasteiger charge is -2.06. The molecule has 0 fully saturated rings. The molecule has 0 spiro atoms. The summed E-state index contributed by atoms with van der Waals surface area (Å²) in [4.78, 5) is 2.65. The van der Waals surface area contributed by atoms with Gasteiger partial charge in [0.25, 0.3) is 0 Å². The first-order chi connectivity index (χ1) is 8.17. The van der Waals surface area contributed by atoms with Crippen LogP contribution in [0.2, 0.25) is 0 Å². The SMILES string of the molecule is CCC(=Cc1cc(Br)c(C)s1)CNCCOC. The van der Waals surface area contributed by atoms with E-state index in [1.165, 1.54) is 19.8 Å². The third-order valence-electron chi connectivity index (χ3n) is 2.51. The van der Waals surface area contributed by atoms with Crippen molar-refractivity contribution in [3.63, 3.8) is 0 Å². The van der Waals surface area contributed by atoms with Gasteiger partial charge >= 0.3 is 0 Å². The maximum absolute atomic E-state index is 5.01. The minimum atomic E-state index is 0.765. The van der Waals surface area contributed by atoms with Gasteiger partial charge < -0.3 is 10.1 Å². The lowest BCUT2D eigenvalue weighted by atomic mass is 10.2. The van der Waals surface area contributed by atoms with Crippen LogP contribution < -0.4 is 5.32 Å². The van der Waals surface area contributed by atoms with Crippen molar-refractivity contribution < 1.29 is 4.74 Å². The summed E-state index contributed by atoms with van der Waals surface area (Å²) in [5.41, 5.74) is 1.43. The molecule has 0 amide bonds. The molecule has 0 aliphatic rings. The fourth-order valence-corrected chi connectivity index (χ4v) is 3.01. The molecule has 0 aromatic carbocycles. The first kappa shape index (κ1) is 14.9. The molecule has 0 unspecified atom stereocenters. The second kappa shape index (κ2) is 8.03. The van der Waals surface area contributed by atoms with Crippen LogP contribution in [0.4, 0.5) is 0 Å². The molecule has 17 heavy (non-hydrogen) atoms. The van der Waals surface area contributed by atoms with Crippen molar-refractivity contribution in [2.75, 3.05) is 26.8 Å². The Hall–Kier alpha value is -0.160. The van der Waals surface area contributed by atoms with Crippen molar-refractivity contribution in [1.82, 2.24) is 5.32 Å². The smallest absolute Gasteiger partial charge is 0.0587 e. The molecular formula is C13H20BrNOS. The lowest BCUT2D eigenvalue weighted by Crippen LogP contribution is -2.21. The summed E-state index contributed by atoms with van der Waals surface area (Å²) in [6, 6.07) is 2.19. The molecule has 1 heterocycles. The minimum Gasteiger partial charge on any atom is -0.383 e. The molecule has 96 valence electrons. The Balaban J connectivity index is 2.54. The molecule has 0 aliphatic heterocycles. The number of hydrogen-bond acceptors (Lipinski definition) is 3. The van der Waals surface area contributed by atoms with Crippen LogP contribution in [0.1, 0.15) is 23.1 Å². The van der Waals surface area contributed by atoms with Gasteiger partial charge in [-0.3, -0.25) is 0 Å². The number of aryl methyl sites for hydroxylation is 1. The number of halogens is 1. The maximum Gasteiger partial charge on any atom is 0.0587 e. The predicted octanol–water partition coefficient (Wildman–Crippen LogP) is 3.85. The van der Waals surface area contributed by atoms with Crippen molar-refractivity contribution in [2.45, 2.75) is 20.3 Å². The van der Waals surface area contributed by atoms with Crippen LogP contribution in [-0.2, 0) is 4.74 Å². The third-order valence-corrected chi connectivity index (χ3v) is 4.60. The van der Waals surface area contributed by atoms with Gasteiger partial charge in [-0.25, -0.2) is 0 Å². The summed E-state index contributed by atoms with van der Waals surface area (Å²) in [7, 11) is 1.73. The molecule has 0 atom stereocenters. The van der Waals surface area contributed by atoms with Gasteiger partial charge in [0.15, 0.2) is 0 Å². The Labute approximate surface area is 116 Å². The van der Waals surface area contributed by atoms with Crippen molar-refractivity contribution in [1.29, 1.82) is 0 Å². The minimum absolute atomic E-state index is 0.765. The van der Waals surface area contributed by atoms with Crippen molar-refractivity contribution in [3.05, 3.63) is 25.9 Å². The molecule has 1 rings (SSSR count). The summed E-state index contributed by atoms with van der Waals surface area (Å²) in [5, 5.41) is 3.38. The zero-order chi connectivity index (χ0) is 12.7. The van der Waals surface area contributed by atoms with Gasteiger partial charge in [-0.15, -0.1) is 11.3 Å². The van der Waals surface area contributed by atoms with Crippen LogP contribution in [0, 0.1) is 6.92 Å². The highest BCUT2D eigenvalue weighted by atomic mass is 79.9. The summed E-state index contributed by atoms with van der Waals surface area (Å²) < 4.78 is 6.21. The van der Waals surface area contributed by atoms with E-state index in [2.05, 4.69) is 47.2 Å². The first-order valence-corrected chi connectivity index (χ1v) is 7.43. The Bertz CT molecular complexity index is 354. The Morgan fingerprint density at radius 3 is 2.88 bits per heavy atom. The highest BCUT2D eigenvalue weighted by molar-refractivity contribution is 9.10. The van der Waals surface area contributed by atoms with Gasteiger partial charge in [0, 0.05) is 34.4 Å². The zero-order valence-electron chi connectivity index (χ0n) is 10.7. The van der Waals surface area contributed by atoms with Gasteiger partial charge in [0.2, 0.25) is 0 Å². The molecule has 2 nitrogen and oxygen atoms in total. The van der Waals surface area contributed by atoms with E-state index in [1.54, 1.807) is 7.11 Å². The average Bonchev–Trinajstić information content (AvgIpc) is 2.62. The van der Waals surface area contributed by atoms with Crippen LogP contribution >= 0.6 is 27.3 Å². The van der Waals surface area contributed by atoms with E-state index in [9.17, 15) is 0 Å². The molecule has 0 saturated carbocycles. The summed E-state index contributed by atoms with van der Waals surface area (Å²) in [6.45, 7) is 6.93. The van der Waals surface area contributed by atoms with E-state index in [1.807, 2.05) is 11.3 Å². The molecule has 1 aromatic heterocycles. The number of ether oxygens (including phenoxy) is 1. The van der Waals surface area contributed by atoms with Crippen molar-refractivity contribution >= 4 is 33.3 Å². The second-order valence-corrected chi connectivity index (χ2v) is 6.02. The van der Waals surface area contributed by atoms with Crippen LogP contribution in [0.25, 0.3) is 6.08 Å². The lowest BCUT2D eigenvalue weighted by molar-refractivity contribution is 0.200. The van der Waals surface area contributed by atoms with E-state index in [0.717, 1.165) is 26.1 Å². The van der Waals surface area contributed by atoms with Crippen molar-refractivity contribution in [2.24, 2.45) is 0 Å². The standard InChI is InChI=1S/C13H20BrNOS/c1-4-11(9-15-5-6-16-3)7-12-8-13(14)10(2)17-12/h7-8,15H,4-6,9H2,1-3H3. The number of methoxy groups -OCH3 is 1. The first-order valence-electron chi connectivity index (χ1n) is 5.82. The quantitative estimate of drug-likeness (QED) is 0.771. The molecule has 1 aromatic rings. The molecule has 0 aliphatic carbocycles. The Morgan fingerprint density at radius 1 is 1.59 bits per heavy atom. The van der Waals surface area contributed by atoms with E-state index >= 15 is 0 Å². The number of hydrogen-bond donors (Lipinski definition) is 1. The Kier molecular flexibility index (Phi) is 7.04. The zero-order valence-corrected chi connectivity index (χ0v) is 13.1. The van der Waals surface area contributed by atoms with E-state index in [4.69, 9.17) is 4.74 Å². The van der Waals surface area contributed by atoms with E-state index in [0.29, 0.717) is 0 Å². The highest BCUT2D eigenvalue weighted by Gasteiger charge is 2.02. The van der Waals surface area contributed by atoms with Gasteiger partial charge in [0.1, 0.15) is 0 Å². The largest absolute Gasteiger partial charge is 0.383 e. The van der Waals surface area contributed by atoms with Crippen LogP contribution in [-0.4, -0.2) is 26.8 Å². The predicted molar refractivity (Wildman–Crippen MR) is 79.8 cm³/mol. The van der Waals surface area contributed by atoms with Crippen LogP contribution in [0.5, 0.6) is 0 Å². The third kappa shape index (κ3) is 5.34. The molecule has 0 bridgehead atoms. The maximum atomic E-state index is 5.01. The molecular weight excluding hydrogens is 298 g/mol. The molecule has 4 heteroatoms. The fourth-order valence-electron chi connectivity index (χ4n) is 1.46. The van der Waals surface area contributed by atoms with Gasteiger partial charge in [-0.1, -0.05) is 12.5 Å². The monoisotopic (exact) mass is 317 g/mol. The highest BCUT2D eigenvalue weighted by Crippen LogP contribution is 2.28. The topological polar surface area (TPSA) is 21.3 Å². The molecule has 0 saturated heterocycles. The number of thiophene rings is 1. The van der Waals surface area contributed by atoms with E-state index < -0.39 is 0 Å². The summed E-state index contributed by atoms with van der Waals surface area (Å²) in [5.74, 6) is 0. The fraction of sp³-hybridized carbons (Fsp3) is 0.538. The van der Waals surface area contributed by atoms with Gasteiger partial charge in [-0.2, -0.15) is 0 Å². The number of rotatable bonds is 7. The second-order valence-electron chi connectivity index (χ2n) is 3.88. The molecule has 1 N–H and O–H groups in total. The molecule has 0 radical (unpaired) electrons. The van der Waals surface area contributed by atoms with Crippen LogP contribution in [0.3, 0.4) is 0 Å². The Morgan fingerprint density at radius 2 is 2.35 bits per heavy atom. The number of nitrogens with one attached hydrogen (secondary N) is 1. The van der Waals surface area contributed by atoms with Gasteiger partial charge in [-0.05, 0) is 41.4 Å².